The topological polar surface area (TPSA) is 90.7 Å². The molecule has 1 atom stereocenters. The molecule has 0 bridgehead atoms. The van der Waals surface area contributed by atoms with E-state index in [4.69, 9.17) is 11.5 Å². The fraction of sp³-hybridized carbons (Fsp3) is 0.700. The van der Waals surface area contributed by atoms with E-state index in [0.717, 1.165) is 18.7 Å². The Bertz CT molecular complexity index is 292. The summed E-state index contributed by atoms with van der Waals surface area (Å²) in [5.41, 5.74) is 11.1. The third-order valence-electron chi connectivity index (χ3n) is 2.45. The molecule has 0 aliphatic carbocycles. The number of nitrogen functional groups attached to an aromatic ring is 2. The zero-order valence-electron chi connectivity index (χ0n) is 9.40. The van der Waals surface area contributed by atoms with Gasteiger partial charge < -0.3 is 11.5 Å². The van der Waals surface area contributed by atoms with E-state index in [1.54, 1.807) is 0 Å². The van der Waals surface area contributed by atoms with Gasteiger partial charge in [0.15, 0.2) is 0 Å². The number of rotatable bonds is 5. The van der Waals surface area contributed by atoms with Gasteiger partial charge in [-0.1, -0.05) is 26.7 Å². The van der Waals surface area contributed by atoms with Crippen molar-refractivity contribution in [3.05, 3.63) is 5.82 Å². The fourth-order valence-corrected chi connectivity index (χ4v) is 1.58. The second-order valence-electron chi connectivity index (χ2n) is 3.66. The second-order valence-corrected chi connectivity index (χ2v) is 3.66. The zero-order chi connectivity index (χ0) is 11.3. The number of nitrogens with zero attached hydrogens (tertiary/aromatic N) is 3. The SMILES string of the molecule is CCCCC(CC)c1nc(N)nc(N)n1. The summed E-state index contributed by atoms with van der Waals surface area (Å²) in [7, 11) is 0. The molecule has 0 aliphatic heterocycles. The van der Waals surface area contributed by atoms with E-state index in [1.807, 2.05) is 0 Å². The Labute approximate surface area is 90.3 Å². The van der Waals surface area contributed by atoms with Crippen LogP contribution in [0.15, 0.2) is 0 Å². The molecule has 84 valence electrons. The quantitative estimate of drug-likeness (QED) is 0.770. The molecule has 0 amide bonds. The van der Waals surface area contributed by atoms with Crippen molar-refractivity contribution in [1.29, 1.82) is 0 Å². The first kappa shape index (κ1) is 11.7. The smallest absolute Gasteiger partial charge is 0.225 e. The van der Waals surface area contributed by atoms with Gasteiger partial charge in [0.05, 0.1) is 0 Å². The van der Waals surface area contributed by atoms with Gasteiger partial charge in [-0.25, -0.2) is 0 Å². The largest absolute Gasteiger partial charge is 0.368 e. The molecule has 1 heterocycles. The second kappa shape index (κ2) is 5.48. The average molecular weight is 209 g/mol. The first-order valence-electron chi connectivity index (χ1n) is 5.44. The van der Waals surface area contributed by atoms with Crippen LogP contribution < -0.4 is 11.5 Å². The van der Waals surface area contributed by atoms with Gasteiger partial charge in [-0.2, -0.15) is 15.0 Å². The third kappa shape index (κ3) is 3.34. The van der Waals surface area contributed by atoms with Crippen LogP contribution in [0, 0.1) is 0 Å². The number of anilines is 2. The van der Waals surface area contributed by atoms with E-state index in [-0.39, 0.29) is 11.9 Å². The van der Waals surface area contributed by atoms with Gasteiger partial charge in [-0.3, -0.25) is 0 Å². The van der Waals surface area contributed by atoms with E-state index in [0.29, 0.717) is 5.92 Å². The van der Waals surface area contributed by atoms with Gasteiger partial charge >= 0.3 is 0 Å². The molecule has 0 spiro atoms. The Kier molecular flexibility index (Phi) is 4.27. The van der Waals surface area contributed by atoms with Crippen molar-refractivity contribution in [1.82, 2.24) is 15.0 Å². The van der Waals surface area contributed by atoms with Crippen molar-refractivity contribution in [3.8, 4) is 0 Å². The average Bonchev–Trinajstić information content (AvgIpc) is 2.17. The summed E-state index contributed by atoms with van der Waals surface area (Å²) in [5.74, 6) is 1.51. The molecule has 5 nitrogen and oxygen atoms in total. The minimum atomic E-state index is 0.215. The van der Waals surface area contributed by atoms with E-state index in [2.05, 4.69) is 28.8 Å². The lowest BCUT2D eigenvalue weighted by molar-refractivity contribution is 0.542. The molecule has 15 heavy (non-hydrogen) atoms. The van der Waals surface area contributed by atoms with Gasteiger partial charge in [0.2, 0.25) is 11.9 Å². The summed E-state index contributed by atoms with van der Waals surface area (Å²) < 4.78 is 0. The van der Waals surface area contributed by atoms with Crippen molar-refractivity contribution in [2.75, 3.05) is 11.5 Å². The maximum atomic E-state index is 5.54. The number of nitrogens with two attached hydrogens (primary N) is 2. The monoisotopic (exact) mass is 209 g/mol. The lowest BCUT2D eigenvalue weighted by Gasteiger charge is -2.12. The number of unbranched alkanes of at least 4 members (excludes halogenated alkanes) is 1. The Hall–Kier alpha value is -1.39. The summed E-state index contributed by atoms with van der Waals surface area (Å²) in [5, 5.41) is 0. The van der Waals surface area contributed by atoms with Crippen LogP contribution in [0.1, 0.15) is 51.3 Å². The number of aromatic nitrogens is 3. The van der Waals surface area contributed by atoms with E-state index < -0.39 is 0 Å². The number of hydrogen-bond donors (Lipinski definition) is 2. The lowest BCUT2D eigenvalue weighted by Crippen LogP contribution is -2.10. The minimum Gasteiger partial charge on any atom is -0.368 e. The van der Waals surface area contributed by atoms with Crippen molar-refractivity contribution >= 4 is 11.9 Å². The van der Waals surface area contributed by atoms with Gasteiger partial charge in [0.1, 0.15) is 5.82 Å². The minimum absolute atomic E-state index is 0.215. The van der Waals surface area contributed by atoms with Crippen LogP contribution in [-0.4, -0.2) is 15.0 Å². The third-order valence-corrected chi connectivity index (χ3v) is 2.45. The highest BCUT2D eigenvalue weighted by atomic mass is 15.1. The summed E-state index contributed by atoms with van der Waals surface area (Å²) >= 11 is 0. The standard InChI is InChI=1S/C10H19N5/c1-3-5-6-7(4-2)8-13-9(11)15-10(12)14-8/h7H,3-6H2,1-2H3,(H4,11,12,13,14,15). The van der Waals surface area contributed by atoms with Crippen LogP contribution in [0.4, 0.5) is 11.9 Å². The summed E-state index contributed by atoms with van der Waals surface area (Å²) in [4.78, 5) is 12.0. The normalized spacial score (nSPS) is 12.7. The maximum absolute atomic E-state index is 5.54. The molecular formula is C10H19N5. The predicted molar refractivity (Wildman–Crippen MR) is 61.2 cm³/mol. The molecular weight excluding hydrogens is 190 g/mol. The highest BCUT2D eigenvalue weighted by molar-refractivity contribution is 5.26. The van der Waals surface area contributed by atoms with Crippen LogP contribution in [-0.2, 0) is 0 Å². The highest BCUT2D eigenvalue weighted by Gasteiger charge is 2.13. The van der Waals surface area contributed by atoms with Crippen molar-refractivity contribution in [3.63, 3.8) is 0 Å². The van der Waals surface area contributed by atoms with Crippen molar-refractivity contribution in [2.45, 2.75) is 45.4 Å². The Balaban J connectivity index is 2.81. The van der Waals surface area contributed by atoms with Crippen molar-refractivity contribution in [2.24, 2.45) is 0 Å². The molecule has 0 saturated carbocycles. The molecule has 1 rings (SSSR count). The van der Waals surface area contributed by atoms with Crippen LogP contribution in [0.5, 0.6) is 0 Å². The lowest BCUT2D eigenvalue weighted by atomic mass is 9.99. The van der Waals surface area contributed by atoms with Gasteiger partial charge in [0.25, 0.3) is 0 Å². The molecule has 1 aromatic rings. The zero-order valence-corrected chi connectivity index (χ0v) is 9.40. The summed E-state index contributed by atoms with van der Waals surface area (Å²) in [6, 6.07) is 0. The Morgan fingerprint density at radius 3 is 2.13 bits per heavy atom. The van der Waals surface area contributed by atoms with E-state index in [9.17, 15) is 0 Å². The van der Waals surface area contributed by atoms with E-state index >= 15 is 0 Å². The summed E-state index contributed by atoms with van der Waals surface area (Å²) in [6.07, 6.45) is 4.43. The molecule has 0 aromatic carbocycles. The molecule has 5 heteroatoms. The van der Waals surface area contributed by atoms with Gasteiger partial charge in [-0.15, -0.1) is 0 Å². The molecule has 1 aromatic heterocycles. The van der Waals surface area contributed by atoms with Crippen LogP contribution in [0.3, 0.4) is 0 Å². The molecule has 1 unspecified atom stereocenters. The molecule has 0 saturated heterocycles. The predicted octanol–water partition coefficient (Wildman–Crippen LogP) is 1.72. The van der Waals surface area contributed by atoms with Crippen LogP contribution >= 0.6 is 0 Å². The van der Waals surface area contributed by atoms with Gasteiger partial charge in [0, 0.05) is 5.92 Å². The first-order chi connectivity index (χ1) is 7.17. The highest BCUT2D eigenvalue weighted by Crippen LogP contribution is 2.22. The van der Waals surface area contributed by atoms with Crippen LogP contribution in [0.2, 0.25) is 0 Å². The fourth-order valence-electron chi connectivity index (χ4n) is 1.58. The number of hydrogen-bond acceptors (Lipinski definition) is 5. The van der Waals surface area contributed by atoms with E-state index in [1.165, 1.54) is 12.8 Å². The van der Waals surface area contributed by atoms with Crippen LogP contribution in [0.25, 0.3) is 0 Å². The first-order valence-corrected chi connectivity index (χ1v) is 5.44. The molecule has 0 aliphatic rings. The van der Waals surface area contributed by atoms with Gasteiger partial charge in [-0.05, 0) is 12.8 Å². The van der Waals surface area contributed by atoms with Crippen molar-refractivity contribution < 1.29 is 0 Å². The Morgan fingerprint density at radius 1 is 1.07 bits per heavy atom. The molecule has 4 N–H and O–H groups in total. The molecule has 0 radical (unpaired) electrons. The Morgan fingerprint density at radius 2 is 1.67 bits per heavy atom. The molecule has 0 fully saturated rings. The summed E-state index contributed by atoms with van der Waals surface area (Å²) in [6.45, 7) is 4.29. The maximum Gasteiger partial charge on any atom is 0.225 e.